The summed E-state index contributed by atoms with van der Waals surface area (Å²) in [5.74, 6) is -0.703. The van der Waals surface area contributed by atoms with E-state index in [0.29, 0.717) is 12.3 Å². The quantitative estimate of drug-likeness (QED) is 0.873. The first kappa shape index (κ1) is 14.8. The molecule has 2 aliphatic rings. The van der Waals surface area contributed by atoms with Crippen LogP contribution in [-0.2, 0) is 9.59 Å². The number of likely N-dealkylation sites (tertiary alicyclic amines) is 1. The van der Waals surface area contributed by atoms with Crippen molar-refractivity contribution in [2.24, 2.45) is 5.92 Å². The molecular weight excluding hydrogens is 278 g/mol. The Morgan fingerprint density at radius 3 is 2.59 bits per heavy atom. The van der Waals surface area contributed by atoms with Gasteiger partial charge in [0.2, 0.25) is 5.91 Å². The number of hydrogen-bond donors (Lipinski definition) is 1. The Bertz CT molecular complexity index is 581. The molecule has 3 rings (SSSR count). The first-order valence-electron chi connectivity index (χ1n) is 7.95. The van der Waals surface area contributed by atoms with Gasteiger partial charge in [0, 0.05) is 12.1 Å². The Hall–Kier alpha value is -2.10. The zero-order valence-electron chi connectivity index (χ0n) is 12.5. The number of nitrogens with zero attached hydrogens (tertiary/aromatic N) is 1. The lowest BCUT2D eigenvalue weighted by molar-refractivity contribution is -0.147. The van der Waals surface area contributed by atoms with Crippen LogP contribution >= 0.6 is 0 Å². The number of carboxylic acids is 1. The normalized spacial score (nSPS) is 27.8. The average Bonchev–Trinajstić information content (AvgIpc) is 2.93. The summed E-state index contributed by atoms with van der Waals surface area (Å²) < 4.78 is 0. The van der Waals surface area contributed by atoms with Gasteiger partial charge in [-0.05, 0) is 36.8 Å². The number of aliphatic carboxylic acids is 1. The van der Waals surface area contributed by atoms with Gasteiger partial charge in [-0.1, -0.05) is 43.2 Å². The molecule has 1 aromatic rings. The topological polar surface area (TPSA) is 57.6 Å². The molecule has 1 amide bonds. The molecule has 0 radical (unpaired) electrons. The van der Waals surface area contributed by atoms with E-state index in [9.17, 15) is 14.7 Å². The molecule has 1 saturated carbocycles. The van der Waals surface area contributed by atoms with Gasteiger partial charge < -0.3 is 10.0 Å². The molecule has 116 valence electrons. The number of hydrogen-bond acceptors (Lipinski definition) is 2. The van der Waals surface area contributed by atoms with E-state index in [1.807, 2.05) is 30.3 Å². The van der Waals surface area contributed by atoms with E-state index in [4.69, 9.17) is 0 Å². The Morgan fingerprint density at radius 1 is 1.14 bits per heavy atom. The van der Waals surface area contributed by atoms with Crippen molar-refractivity contribution >= 4 is 18.0 Å². The highest BCUT2D eigenvalue weighted by molar-refractivity contribution is 5.95. The summed E-state index contributed by atoms with van der Waals surface area (Å²) in [6.07, 6.45) is 8.08. The molecule has 1 aromatic carbocycles. The first-order chi connectivity index (χ1) is 10.7. The molecule has 1 aliphatic carbocycles. The van der Waals surface area contributed by atoms with Gasteiger partial charge >= 0.3 is 5.97 Å². The third-order valence-corrected chi connectivity index (χ3v) is 4.85. The van der Waals surface area contributed by atoms with Crippen LogP contribution in [0.3, 0.4) is 0 Å². The summed E-state index contributed by atoms with van der Waals surface area (Å²) in [7, 11) is 0. The zero-order valence-corrected chi connectivity index (χ0v) is 12.5. The second kappa shape index (κ2) is 6.34. The molecule has 22 heavy (non-hydrogen) atoms. The molecule has 1 N–H and O–H groups in total. The largest absolute Gasteiger partial charge is 0.480 e. The Labute approximate surface area is 130 Å². The molecule has 2 fully saturated rings. The number of fused-ring (bicyclic) bond motifs is 1. The van der Waals surface area contributed by atoms with Crippen molar-refractivity contribution in [1.29, 1.82) is 0 Å². The number of carboxylic acid groups (broad SMARTS) is 1. The number of rotatable bonds is 3. The van der Waals surface area contributed by atoms with Gasteiger partial charge in [-0.2, -0.15) is 0 Å². The van der Waals surface area contributed by atoms with Crippen LogP contribution in [0.15, 0.2) is 36.4 Å². The monoisotopic (exact) mass is 299 g/mol. The second-order valence-electron chi connectivity index (χ2n) is 6.19. The lowest BCUT2D eigenvalue weighted by Gasteiger charge is -2.32. The van der Waals surface area contributed by atoms with Gasteiger partial charge in [0.1, 0.15) is 6.04 Å². The number of carbonyl (C=O) groups is 2. The fourth-order valence-corrected chi connectivity index (χ4v) is 3.82. The van der Waals surface area contributed by atoms with Crippen LogP contribution in [0.4, 0.5) is 0 Å². The molecule has 0 bridgehead atoms. The summed E-state index contributed by atoms with van der Waals surface area (Å²) in [5.41, 5.74) is 0.946. The van der Waals surface area contributed by atoms with Crippen LogP contribution in [-0.4, -0.2) is 34.0 Å². The maximum atomic E-state index is 12.6. The summed E-state index contributed by atoms with van der Waals surface area (Å²) >= 11 is 0. The third kappa shape index (κ3) is 2.91. The summed E-state index contributed by atoms with van der Waals surface area (Å²) in [6.45, 7) is 0. The second-order valence-corrected chi connectivity index (χ2v) is 6.19. The van der Waals surface area contributed by atoms with Crippen LogP contribution in [0.2, 0.25) is 0 Å². The molecule has 1 heterocycles. The minimum atomic E-state index is -0.879. The minimum absolute atomic E-state index is 0.0998. The van der Waals surface area contributed by atoms with Crippen LogP contribution in [0.1, 0.15) is 37.7 Å². The van der Waals surface area contributed by atoms with E-state index in [-0.39, 0.29) is 11.9 Å². The predicted molar refractivity (Wildman–Crippen MR) is 84.1 cm³/mol. The van der Waals surface area contributed by atoms with Gasteiger partial charge in [-0.15, -0.1) is 0 Å². The maximum absolute atomic E-state index is 12.6. The number of amides is 1. The van der Waals surface area contributed by atoms with Crippen molar-refractivity contribution in [2.45, 2.75) is 44.2 Å². The summed E-state index contributed by atoms with van der Waals surface area (Å²) in [6, 6.07) is 9.03. The molecule has 0 unspecified atom stereocenters. The maximum Gasteiger partial charge on any atom is 0.326 e. The molecule has 1 aliphatic heterocycles. The summed E-state index contributed by atoms with van der Waals surface area (Å²) in [5, 5.41) is 9.45. The Balaban J connectivity index is 1.79. The molecule has 3 atom stereocenters. The Kier molecular flexibility index (Phi) is 4.27. The molecule has 0 spiro atoms. The zero-order chi connectivity index (χ0) is 15.5. The predicted octanol–water partition coefficient (Wildman–Crippen LogP) is 2.94. The highest BCUT2D eigenvalue weighted by Crippen LogP contribution is 2.39. The van der Waals surface area contributed by atoms with Crippen molar-refractivity contribution in [1.82, 2.24) is 4.90 Å². The smallest absolute Gasteiger partial charge is 0.326 e. The van der Waals surface area contributed by atoms with Gasteiger partial charge in [-0.25, -0.2) is 4.79 Å². The first-order valence-corrected chi connectivity index (χ1v) is 7.95. The number of carbonyl (C=O) groups excluding carboxylic acids is 1. The lowest BCUT2D eigenvalue weighted by Crippen LogP contribution is -2.45. The van der Waals surface area contributed by atoms with Gasteiger partial charge in [0.15, 0.2) is 0 Å². The van der Waals surface area contributed by atoms with Crippen molar-refractivity contribution in [2.75, 3.05) is 0 Å². The van der Waals surface area contributed by atoms with E-state index < -0.39 is 12.0 Å². The van der Waals surface area contributed by atoms with Crippen LogP contribution < -0.4 is 0 Å². The van der Waals surface area contributed by atoms with Crippen molar-refractivity contribution in [3.05, 3.63) is 42.0 Å². The van der Waals surface area contributed by atoms with Gasteiger partial charge in [-0.3, -0.25) is 4.79 Å². The van der Waals surface area contributed by atoms with Gasteiger partial charge in [0.25, 0.3) is 0 Å². The highest BCUT2D eigenvalue weighted by Gasteiger charge is 2.46. The fraction of sp³-hybridized carbons (Fsp3) is 0.444. The van der Waals surface area contributed by atoms with Gasteiger partial charge in [0.05, 0.1) is 0 Å². The minimum Gasteiger partial charge on any atom is -0.480 e. The van der Waals surface area contributed by atoms with E-state index in [2.05, 4.69) is 0 Å². The average molecular weight is 299 g/mol. The van der Waals surface area contributed by atoms with Crippen LogP contribution in [0, 0.1) is 5.92 Å². The molecule has 4 heteroatoms. The molecule has 0 aromatic heterocycles. The van der Waals surface area contributed by atoms with E-state index in [0.717, 1.165) is 31.2 Å². The summed E-state index contributed by atoms with van der Waals surface area (Å²) in [4.78, 5) is 25.7. The molecule has 1 saturated heterocycles. The number of benzene rings is 1. The third-order valence-electron chi connectivity index (χ3n) is 4.85. The SMILES string of the molecule is O=C(O)[C@@H]1C[C@@H]2CCCC[C@@H]2N1C(=O)/C=C/c1ccccc1. The fourth-order valence-electron chi connectivity index (χ4n) is 3.82. The molecule has 4 nitrogen and oxygen atoms in total. The van der Waals surface area contributed by atoms with E-state index in [1.165, 1.54) is 6.08 Å². The van der Waals surface area contributed by atoms with E-state index >= 15 is 0 Å². The van der Waals surface area contributed by atoms with Crippen LogP contribution in [0.25, 0.3) is 6.08 Å². The van der Waals surface area contributed by atoms with Crippen LogP contribution in [0.5, 0.6) is 0 Å². The highest BCUT2D eigenvalue weighted by atomic mass is 16.4. The van der Waals surface area contributed by atoms with Crippen molar-refractivity contribution in [3.63, 3.8) is 0 Å². The van der Waals surface area contributed by atoms with Crippen molar-refractivity contribution < 1.29 is 14.7 Å². The van der Waals surface area contributed by atoms with Crippen molar-refractivity contribution in [3.8, 4) is 0 Å². The molecular formula is C18H21NO3. The Morgan fingerprint density at radius 2 is 1.86 bits per heavy atom. The standard InChI is InChI=1S/C18H21NO3/c20-17(11-10-13-6-2-1-3-7-13)19-15-9-5-4-8-14(15)12-16(19)18(21)22/h1-3,6-7,10-11,14-16H,4-5,8-9,12H2,(H,21,22)/b11-10+/t14-,15-,16-/m0/s1. The lowest BCUT2D eigenvalue weighted by atomic mass is 9.85. The van der Waals surface area contributed by atoms with E-state index in [1.54, 1.807) is 11.0 Å².